The first-order valence-corrected chi connectivity index (χ1v) is 9.75. The van der Waals surface area contributed by atoms with Crippen molar-refractivity contribution in [2.75, 3.05) is 74.3 Å². The van der Waals surface area contributed by atoms with Crippen LogP contribution in [0.25, 0.3) is 0 Å². The maximum Gasteiger partial charge on any atom is 0.239 e. The quantitative estimate of drug-likeness (QED) is 0.343. The van der Waals surface area contributed by atoms with Crippen LogP contribution in [0.4, 0.5) is 0 Å². The topological polar surface area (TPSA) is 87.7 Å². The summed E-state index contributed by atoms with van der Waals surface area (Å²) in [6, 6.07) is 5.86. The highest BCUT2D eigenvalue weighted by Gasteiger charge is 2.21. The van der Waals surface area contributed by atoms with Crippen LogP contribution in [0.2, 0.25) is 0 Å². The summed E-state index contributed by atoms with van der Waals surface area (Å²) < 4.78 is 15.8. The van der Waals surface area contributed by atoms with E-state index in [1.165, 1.54) is 0 Å². The fourth-order valence-corrected chi connectivity index (χ4v) is 3.21. The van der Waals surface area contributed by atoms with Gasteiger partial charge in [0.2, 0.25) is 5.91 Å². The van der Waals surface area contributed by atoms with Crippen LogP contribution in [0, 0.1) is 0 Å². The van der Waals surface area contributed by atoms with Gasteiger partial charge < -0.3 is 29.7 Å². The predicted octanol–water partition coefficient (Wildman–Crippen LogP) is 0.159. The zero-order valence-corrected chi connectivity index (χ0v) is 17.9. The van der Waals surface area contributed by atoms with Crippen molar-refractivity contribution in [2.24, 2.45) is 4.99 Å². The Balaban J connectivity index is 1.82. The molecule has 0 unspecified atom stereocenters. The van der Waals surface area contributed by atoms with Crippen LogP contribution >= 0.6 is 0 Å². The van der Waals surface area contributed by atoms with Gasteiger partial charge in [0, 0.05) is 59.0 Å². The van der Waals surface area contributed by atoms with E-state index in [2.05, 4.69) is 25.4 Å². The molecule has 0 atom stereocenters. The Hall–Kier alpha value is -2.52. The lowest BCUT2D eigenvalue weighted by Gasteiger charge is -2.36. The molecule has 1 fully saturated rings. The van der Waals surface area contributed by atoms with Crippen molar-refractivity contribution in [3.05, 3.63) is 23.8 Å². The third-order valence-electron chi connectivity index (χ3n) is 4.80. The van der Waals surface area contributed by atoms with Gasteiger partial charge in [0.15, 0.2) is 5.96 Å². The van der Waals surface area contributed by atoms with E-state index in [1.54, 1.807) is 28.4 Å². The molecule has 29 heavy (non-hydrogen) atoms. The maximum atomic E-state index is 11.9. The number of nitrogens with one attached hydrogen (secondary N) is 2. The zero-order chi connectivity index (χ0) is 21.1. The summed E-state index contributed by atoms with van der Waals surface area (Å²) in [5, 5.41) is 5.92. The Morgan fingerprint density at radius 1 is 1.10 bits per heavy atom. The summed E-state index contributed by atoms with van der Waals surface area (Å²) >= 11 is 0. The first-order chi connectivity index (χ1) is 14.1. The summed E-state index contributed by atoms with van der Waals surface area (Å²) in [6.45, 7) is 5.43. The Morgan fingerprint density at radius 2 is 1.86 bits per heavy atom. The standard InChI is InChI=1S/C20H33N5O4/c1-21-20(23-14-19(26)22-7-12-27-2)25-10-8-24(9-11-25)15-16-13-17(28-3)5-6-18(16)29-4/h5-6,13H,7-12,14-15H2,1-4H3,(H,21,23)(H,22,26). The molecule has 0 bridgehead atoms. The zero-order valence-electron chi connectivity index (χ0n) is 17.9. The van der Waals surface area contributed by atoms with Crippen molar-refractivity contribution >= 4 is 11.9 Å². The smallest absolute Gasteiger partial charge is 0.239 e. The number of methoxy groups -OCH3 is 3. The summed E-state index contributed by atoms with van der Waals surface area (Å²) in [5.74, 6) is 2.36. The van der Waals surface area contributed by atoms with Gasteiger partial charge in [-0.1, -0.05) is 0 Å². The molecule has 2 rings (SSSR count). The minimum Gasteiger partial charge on any atom is -0.497 e. The van der Waals surface area contributed by atoms with Crippen molar-refractivity contribution in [3.63, 3.8) is 0 Å². The monoisotopic (exact) mass is 407 g/mol. The fraction of sp³-hybridized carbons (Fsp3) is 0.600. The van der Waals surface area contributed by atoms with E-state index in [9.17, 15) is 4.79 Å². The first kappa shape index (κ1) is 22.8. The molecule has 1 aliphatic heterocycles. The normalized spacial score (nSPS) is 15.2. The van der Waals surface area contributed by atoms with Crippen molar-refractivity contribution in [2.45, 2.75) is 6.54 Å². The van der Waals surface area contributed by atoms with Crippen LogP contribution in [0.1, 0.15) is 5.56 Å². The lowest BCUT2D eigenvalue weighted by Crippen LogP contribution is -2.53. The molecule has 9 heteroatoms. The van der Waals surface area contributed by atoms with Crippen LogP contribution in [0.15, 0.2) is 23.2 Å². The average Bonchev–Trinajstić information content (AvgIpc) is 2.75. The Morgan fingerprint density at radius 3 is 2.48 bits per heavy atom. The number of ether oxygens (including phenoxy) is 3. The number of rotatable bonds is 9. The minimum atomic E-state index is -0.0769. The SMILES string of the molecule is CN=C(NCC(=O)NCCOC)N1CCN(Cc2cc(OC)ccc2OC)CC1. The minimum absolute atomic E-state index is 0.0769. The molecule has 1 amide bonds. The lowest BCUT2D eigenvalue weighted by atomic mass is 10.1. The molecule has 162 valence electrons. The summed E-state index contributed by atoms with van der Waals surface area (Å²) in [7, 11) is 6.69. The van der Waals surface area contributed by atoms with Crippen molar-refractivity contribution in [3.8, 4) is 11.5 Å². The molecule has 9 nitrogen and oxygen atoms in total. The van der Waals surface area contributed by atoms with Crippen LogP contribution in [0.3, 0.4) is 0 Å². The highest BCUT2D eigenvalue weighted by Crippen LogP contribution is 2.25. The molecule has 1 aliphatic rings. The number of piperazine rings is 1. The van der Waals surface area contributed by atoms with Gasteiger partial charge in [-0.25, -0.2) is 0 Å². The van der Waals surface area contributed by atoms with E-state index < -0.39 is 0 Å². The number of guanidine groups is 1. The van der Waals surface area contributed by atoms with Gasteiger partial charge in [0.25, 0.3) is 0 Å². The number of carbonyl (C=O) groups is 1. The maximum absolute atomic E-state index is 11.9. The number of benzene rings is 1. The molecule has 0 aliphatic carbocycles. The van der Waals surface area contributed by atoms with Gasteiger partial charge in [-0.05, 0) is 18.2 Å². The number of hydrogen-bond acceptors (Lipinski definition) is 6. The van der Waals surface area contributed by atoms with E-state index in [4.69, 9.17) is 14.2 Å². The molecule has 2 N–H and O–H groups in total. The Labute approximate surface area is 173 Å². The van der Waals surface area contributed by atoms with E-state index >= 15 is 0 Å². The highest BCUT2D eigenvalue weighted by molar-refractivity contribution is 5.86. The number of aliphatic imine (C=N–C) groups is 1. The molecule has 1 aromatic carbocycles. The molecule has 1 heterocycles. The van der Waals surface area contributed by atoms with Crippen LogP contribution < -0.4 is 20.1 Å². The summed E-state index contributed by atoms with van der Waals surface area (Å²) in [4.78, 5) is 20.7. The predicted molar refractivity (Wildman–Crippen MR) is 113 cm³/mol. The van der Waals surface area contributed by atoms with Gasteiger partial charge >= 0.3 is 0 Å². The molecule has 0 radical (unpaired) electrons. The van der Waals surface area contributed by atoms with Gasteiger partial charge in [-0.3, -0.25) is 14.7 Å². The van der Waals surface area contributed by atoms with Crippen LogP contribution in [-0.4, -0.2) is 95.9 Å². The molecule has 0 saturated carbocycles. The molecule has 1 aromatic rings. The number of hydrogen-bond donors (Lipinski definition) is 2. The molecular weight excluding hydrogens is 374 g/mol. The second-order valence-corrected chi connectivity index (χ2v) is 6.68. The third kappa shape index (κ3) is 7.10. The van der Waals surface area contributed by atoms with E-state index in [0.29, 0.717) is 13.2 Å². The third-order valence-corrected chi connectivity index (χ3v) is 4.80. The van der Waals surface area contributed by atoms with Gasteiger partial charge in [0.05, 0.1) is 27.4 Å². The second kappa shape index (κ2) is 12.1. The molecule has 1 saturated heterocycles. The largest absolute Gasteiger partial charge is 0.497 e. The second-order valence-electron chi connectivity index (χ2n) is 6.68. The fourth-order valence-electron chi connectivity index (χ4n) is 3.21. The van der Waals surface area contributed by atoms with Crippen molar-refractivity contribution < 1.29 is 19.0 Å². The van der Waals surface area contributed by atoms with E-state index in [0.717, 1.165) is 55.7 Å². The molecule has 0 spiro atoms. The number of amides is 1. The molecule has 0 aromatic heterocycles. The number of carbonyl (C=O) groups excluding carboxylic acids is 1. The Bertz CT molecular complexity index is 675. The van der Waals surface area contributed by atoms with E-state index in [1.807, 2.05) is 18.2 Å². The summed E-state index contributed by atoms with van der Waals surface area (Å²) in [5.41, 5.74) is 1.11. The van der Waals surface area contributed by atoms with Gasteiger partial charge in [0.1, 0.15) is 11.5 Å². The van der Waals surface area contributed by atoms with E-state index in [-0.39, 0.29) is 12.5 Å². The lowest BCUT2D eigenvalue weighted by molar-refractivity contribution is -0.120. The van der Waals surface area contributed by atoms with Crippen LogP contribution in [0.5, 0.6) is 11.5 Å². The molecular formula is C20H33N5O4. The van der Waals surface area contributed by atoms with Crippen molar-refractivity contribution in [1.29, 1.82) is 0 Å². The number of nitrogens with zero attached hydrogens (tertiary/aromatic N) is 3. The first-order valence-electron chi connectivity index (χ1n) is 9.75. The highest BCUT2D eigenvalue weighted by atomic mass is 16.5. The summed E-state index contributed by atoms with van der Waals surface area (Å²) in [6.07, 6.45) is 0. The van der Waals surface area contributed by atoms with Gasteiger partial charge in [-0.2, -0.15) is 0 Å². The van der Waals surface area contributed by atoms with Crippen LogP contribution in [-0.2, 0) is 16.1 Å². The van der Waals surface area contributed by atoms with Gasteiger partial charge in [-0.15, -0.1) is 0 Å². The average molecular weight is 408 g/mol. The van der Waals surface area contributed by atoms with Crippen molar-refractivity contribution in [1.82, 2.24) is 20.4 Å². The Kier molecular flexibility index (Phi) is 9.52.